The van der Waals surface area contributed by atoms with Crippen LogP contribution in [-0.4, -0.2) is 34.5 Å². The molecule has 1 heterocycles. The lowest BCUT2D eigenvalue weighted by molar-refractivity contribution is -0.147. The molecule has 0 radical (unpaired) electrons. The van der Waals surface area contributed by atoms with Gasteiger partial charge in [-0.15, -0.1) is 0 Å². The van der Waals surface area contributed by atoms with E-state index in [4.69, 9.17) is 5.11 Å². The predicted molar refractivity (Wildman–Crippen MR) is 42.6 cm³/mol. The minimum absolute atomic E-state index is 0.147. The molecule has 1 aliphatic rings. The number of carboxylic acids is 1. The number of carbonyl (C=O) groups is 2. The maximum absolute atomic E-state index is 11.0. The summed E-state index contributed by atoms with van der Waals surface area (Å²) in [7, 11) is 0. The summed E-state index contributed by atoms with van der Waals surface area (Å²) in [6.45, 7) is 3.94. The summed E-state index contributed by atoms with van der Waals surface area (Å²) in [5.41, 5.74) is 0. The van der Waals surface area contributed by atoms with E-state index in [-0.39, 0.29) is 5.91 Å². The first-order valence-corrected chi connectivity index (χ1v) is 4.02. The van der Waals surface area contributed by atoms with Crippen LogP contribution in [0.2, 0.25) is 0 Å². The van der Waals surface area contributed by atoms with Crippen LogP contribution in [0, 0.1) is 5.92 Å². The van der Waals surface area contributed by atoms with Crippen LogP contribution in [0.25, 0.3) is 0 Å². The van der Waals surface area contributed by atoms with Gasteiger partial charge in [-0.2, -0.15) is 0 Å². The van der Waals surface area contributed by atoms with Gasteiger partial charge in [0, 0.05) is 13.5 Å². The van der Waals surface area contributed by atoms with Gasteiger partial charge in [-0.3, -0.25) is 4.79 Å². The molecule has 0 spiro atoms. The molecule has 0 saturated carbocycles. The largest absolute Gasteiger partial charge is 0.480 e. The van der Waals surface area contributed by atoms with Crippen LogP contribution >= 0.6 is 0 Å². The SMILES string of the molecule is CC(=O)N1C[C@H](C)C[C@H]1C(=O)O. The number of amides is 1. The zero-order chi connectivity index (χ0) is 9.30. The van der Waals surface area contributed by atoms with Gasteiger partial charge in [0.05, 0.1) is 0 Å². The smallest absolute Gasteiger partial charge is 0.326 e. The topological polar surface area (TPSA) is 57.6 Å². The van der Waals surface area contributed by atoms with E-state index in [2.05, 4.69) is 0 Å². The van der Waals surface area contributed by atoms with Crippen molar-refractivity contribution < 1.29 is 14.7 Å². The van der Waals surface area contributed by atoms with E-state index in [1.54, 1.807) is 0 Å². The van der Waals surface area contributed by atoms with Crippen molar-refractivity contribution in [2.24, 2.45) is 5.92 Å². The van der Waals surface area contributed by atoms with Gasteiger partial charge in [0.1, 0.15) is 6.04 Å². The second-order valence-corrected chi connectivity index (χ2v) is 3.37. The van der Waals surface area contributed by atoms with Gasteiger partial charge in [0.15, 0.2) is 0 Å². The summed E-state index contributed by atoms with van der Waals surface area (Å²) in [5, 5.41) is 8.76. The number of hydrogen-bond donors (Lipinski definition) is 1. The molecule has 0 aromatic heterocycles. The second-order valence-electron chi connectivity index (χ2n) is 3.37. The minimum Gasteiger partial charge on any atom is -0.480 e. The molecule has 0 bridgehead atoms. The van der Waals surface area contributed by atoms with Crippen molar-refractivity contribution in [3.8, 4) is 0 Å². The highest BCUT2D eigenvalue weighted by Crippen LogP contribution is 2.22. The van der Waals surface area contributed by atoms with Gasteiger partial charge in [-0.05, 0) is 12.3 Å². The van der Waals surface area contributed by atoms with Crippen molar-refractivity contribution >= 4 is 11.9 Å². The molecule has 0 aromatic carbocycles. The van der Waals surface area contributed by atoms with Crippen LogP contribution in [0.5, 0.6) is 0 Å². The number of rotatable bonds is 1. The highest BCUT2D eigenvalue weighted by molar-refractivity contribution is 5.82. The summed E-state index contributed by atoms with van der Waals surface area (Å²) < 4.78 is 0. The number of hydrogen-bond acceptors (Lipinski definition) is 2. The zero-order valence-electron chi connectivity index (χ0n) is 7.28. The minimum atomic E-state index is -0.894. The molecule has 2 atom stereocenters. The van der Waals surface area contributed by atoms with Gasteiger partial charge in [-0.1, -0.05) is 6.92 Å². The van der Waals surface area contributed by atoms with Gasteiger partial charge in [0.2, 0.25) is 5.91 Å². The van der Waals surface area contributed by atoms with Gasteiger partial charge in [-0.25, -0.2) is 4.79 Å². The Morgan fingerprint density at radius 2 is 2.08 bits per heavy atom. The highest BCUT2D eigenvalue weighted by Gasteiger charge is 2.35. The van der Waals surface area contributed by atoms with E-state index in [0.717, 1.165) is 0 Å². The highest BCUT2D eigenvalue weighted by atomic mass is 16.4. The molecule has 1 aliphatic heterocycles. The zero-order valence-corrected chi connectivity index (χ0v) is 7.28. The molecule has 4 heteroatoms. The summed E-state index contributed by atoms with van der Waals surface area (Å²) >= 11 is 0. The van der Waals surface area contributed by atoms with Crippen LogP contribution in [0.15, 0.2) is 0 Å². The van der Waals surface area contributed by atoms with Crippen LogP contribution in [-0.2, 0) is 9.59 Å². The first-order chi connectivity index (χ1) is 5.52. The lowest BCUT2D eigenvalue weighted by atomic mass is 10.1. The molecule has 1 saturated heterocycles. The number of carbonyl (C=O) groups excluding carboxylic acids is 1. The molecular weight excluding hydrogens is 158 g/mol. The third-order valence-corrected chi connectivity index (χ3v) is 2.20. The third kappa shape index (κ3) is 1.57. The van der Waals surface area contributed by atoms with Crippen LogP contribution in [0.3, 0.4) is 0 Å². The van der Waals surface area contributed by atoms with Gasteiger partial charge in [0.25, 0.3) is 0 Å². The number of carboxylic acid groups (broad SMARTS) is 1. The van der Waals surface area contributed by atoms with Crippen LogP contribution < -0.4 is 0 Å². The molecule has 1 N–H and O–H groups in total. The predicted octanol–water partition coefficient (Wildman–Crippen LogP) is 0.328. The van der Waals surface area contributed by atoms with E-state index >= 15 is 0 Å². The fraction of sp³-hybridized carbons (Fsp3) is 0.750. The normalized spacial score (nSPS) is 29.0. The lowest BCUT2D eigenvalue weighted by Gasteiger charge is -2.18. The Hall–Kier alpha value is -1.06. The van der Waals surface area contributed by atoms with Crippen molar-refractivity contribution in [2.75, 3.05) is 6.54 Å². The number of aliphatic carboxylic acids is 1. The molecule has 0 aliphatic carbocycles. The van der Waals surface area contributed by atoms with E-state index in [1.807, 2.05) is 6.92 Å². The van der Waals surface area contributed by atoms with Crippen molar-refractivity contribution in [1.82, 2.24) is 4.90 Å². The van der Waals surface area contributed by atoms with Gasteiger partial charge < -0.3 is 10.0 Å². The Bertz CT molecular complexity index is 192. The second kappa shape index (κ2) is 3.13. The van der Waals surface area contributed by atoms with E-state index in [0.29, 0.717) is 18.9 Å². The Morgan fingerprint density at radius 3 is 2.42 bits per heavy atom. The Kier molecular flexibility index (Phi) is 2.35. The standard InChI is InChI=1S/C8H13NO3/c1-5-3-7(8(11)12)9(4-5)6(2)10/h5,7H,3-4H2,1-2H3,(H,11,12)/t5-,7+/m1/s1. The van der Waals surface area contributed by atoms with E-state index in [9.17, 15) is 9.59 Å². The molecule has 1 rings (SSSR count). The summed E-state index contributed by atoms with van der Waals surface area (Å²) in [6.07, 6.45) is 0.578. The van der Waals surface area contributed by atoms with Gasteiger partial charge >= 0.3 is 5.97 Å². The molecular formula is C8H13NO3. The average molecular weight is 171 g/mol. The quantitative estimate of drug-likeness (QED) is 0.618. The van der Waals surface area contributed by atoms with Crippen molar-refractivity contribution in [1.29, 1.82) is 0 Å². The molecule has 1 amide bonds. The van der Waals surface area contributed by atoms with Crippen LogP contribution in [0.4, 0.5) is 0 Å². The molecule has 0 aromatic rings. The number of nitrogens with zero attached hydrogens (tertiary/aromatic N) is 1. The monoisotopic (exact) mass is 171 g/mol. The Labute approximate surface area is 71.2 Å². The van der Waals surface area contributed by atoms with Crippen molar-refractivity contribution in [3.05, 3.63) is 0 Å². The fourth-order valence-electron chi connectivity index (χ4n) is 1.63. The first-order valence-electron chi connectivity index (χ1n) is 4.02. The molecule has 0 unspecified atom stereocenters. The molecule has 12 heavy (non-hydrogen) atoms. The lowest BCUT2D eigenvalue weighted by Crippen LogP contribution is -2.39. The summed E-state index contributed by atoms with van der Waals surface area (Å²) in [4.78, 5) is 23.1. The average Bonchev–Trinajstić information content (AvgIpc) is 2.31. The molecule has 68 valence electrons. The maximum atomic E-state index is 11.0. The Balaban J connectivity index is 2.72. The maximum Gasteiger partial charge on any atom is 0.326 e. The Morgan fingerprint density at radius 1 is 1.50 bits per heavy atom. The number of likely N-dealkylation sites (tertiary alicyclic amines) is 1. The molecule has 4 nitrogen and oxygen atoms in total. The van der Waals surface area contributed by atoms with Crippen molar-refractivity contribution in [2.45, 2.75) is 26.3 Å². The van der Waals surface area contributed by atoms with E-state index < -0.39 is 12.0 Å². The first kappa shape index (κ1) is 9.03. The molecule has 1 fully saturated rings. The summed E-state index contributed by atoms with van der Waals surface area (Å²) in [6, 6.07) is -0.600. The van der Waals surface area contributed by atoms with Crippen LogP contribution in [0.1, 0.15) is 20.3 Å². The fourth-order valence-corrected chi connectivity index (χ4v) is 1.63. The van der Waals surface area contributed by atoms with E-state index in [1.165, 1.54) is 11.8 Å². The third-order valence-electron chi connectivity index (χ3n) is 2.20. The summed E-state index contributed by atoms with van der Waals surface area (Å²) in [5.74, 6) is -0.740. The van der Waals surface area contributed by atoms with Crippen molar-refractivity contribution in [3.63, 3.8) is 0 Å².